The summed E-state index contributed by atoms with van der Waals surface area (Å²) >= 11 is 6.09. The first-order valence-corrected chi connectivity index (χ1v) is 9.09. The maximum Gasteiger partial charge on any atom is 0.129 e. The molecule has 3 N–H and O–H groups in total. The molecule has 1 aliphatic heterocycles. The standard InChI is InChI=1S/C20H21ClFN3O.ClH/c1-20(11-26-10-19(23)25-20)16-9-14(4-6-17(16)22)24-18-7-2-12-8-13(21)3-5-15(12)18;/h3-6,8-9,18,24H,2,7,10-11H2,1H3,(H2,23,25);1H/t18?,20-;/m1./s1. The third-order valence-electron chi connectivity index (χ3n) is 5.09. The molecule has 0 aromatic heterocycles. The average molecular weight is 410 g/mol. The molecular weight excluding hydrogens is 388 g/mol. The van der Waals surface area contributed by atoms with Crippen LogP contribution in [0.4, 0.5) is 10.1 Å². The maximum absolute atomic E-state index is 14.5. The van der Waals surface area contributed by atoms with Gasteiger partial charge in [-0.05, 0) is 61.2 Å². The van der Waals surface area contributed by atoms with E-state index in [2.05, 4.69) is 16.4 Å². The summed E-state index contributed by atoms with van der Waals surface area (Å²) in [6.07, 6.45) is 1.96. The number of anilines is 1. The van der Waals surface area contributed by atoms with Gasteiger partial charge in [0, 0.05) is 16.3 Å². The molecule has 27 heavy (non-hydrogen) atoms. The molecule has 2 aromatic carbocycles. The molecule has 0 radical (unpaired) electrons. The quantitative estimate of drug-likeness (QED) is 0.778. The topological polar surface area (TPSA) is 59.6 Å². The lowest BCUT2D eigenvalue weighted by atomic mass is 9.91. The number of nitrogens with zero attached hydrogens (tertiary/aromatic N) is 1. The molecular formula is C20H22Cl2FN3O. The SMILES string of the molecule is C[C@]1(c2cc(NC3CCc4cc(Cl)ccc43)ccc2F)COCC(N)=N1.Cl. The van der Waals surface area contributed by atoms with Crippen molar-refractivity contribution in [3.63, 3.8) is 0 Å². The van der Waals surface area contributed by atoms with Gasteiger partial charge in [-0.3, -0.25) is 4.99 Å². The van der Waals surface area contributed by atoms with E-state index in [1.807, 2.05) is 25.1 Å². The van der Waals surface area contributed by atoms with Gasteiger partial charge in [0.05, 0.1) is 12.6 Å². The summed E-state index contributed by atoms with van der Waals surface area (Å²) in [5.41, 5.74) is 8.85. The van der Waals surface area contributed by atoms with Crippen LogP contribution in [0.2, 0.25) is 5.02 Å². The van der Waals surface area contributed by atoms with Gasteiger partial charge in [-0.15, -0.1) is 12.4 Å². The van der Waals surface area contributed by atoms with Crippen molar-refractivity contribution in [2.75, 3.05) is 18.5 Å². The van der Waals surface area contributed by atoms with Crippen LogP contribution in [0, 0.1) is 5.82 Å². The zero-order valence-electron chi connectivity index (χ0n) is 15.0. The number of nitrogens with two attached hydrogens (primary N) is 1. The molecule has 1 unspecified atom stereocenters. The van der Waals surface area contributed by atoms with E-state index >= 15 is 0 Å². The normalized spacial score (nSPS) is 24.0. The largest absolute Gasteiger partial charge is 0.386 e. The van der Waals surface area contributed by atoms with E-state index in [4.69, 9.17) is 22.1 Å². The summed E-state index contributed by atoms with van der Waals surface area (Å²) < 4.78 is 20.0. The molecule has 0 amide bonds. The highest BCUT2D eigenvalue weighted by Crippen LogP contribution is 2.37. The number of benzene rings is 2. The maximum atomic E-state index is 14.5. The Morgan fingerprint density at radius 2 is 2.11 bits per heavy atom. The average Bonchev–Trinajstić information content (AvgIpc) is 2.98. The molecule has 4 nitrogen and oxygen atoms in total. The van der Waals surface area contributed by atoms with Crippen molar-refractivity contribution >= 4 is 35.5 Å². The highest BCUT2D eigenvalue weighted by Gasteiger charge is 2.33. The predicted octanol–water partition coefficient (Wildman–Crippen LogP) is 4.60. The van der Waals surface area contributed by atoms with E-state index in [-0.39, 0.29) is 30.9 Å². The van der Waals surface area contributed by atoms with Gasteiger partial charge in [0.25, 0.3) is 0 Å². The van der Waals surface area contributed by atoms with Crippen LogP contribution in [0.1, 0.15) is 36.1 Å². The Labute approximate surface area is 169 Å². The zero-order chi connectivity index (χ0) is 18.3. The van der Waals surface area contributed by atoms with Crippen molar-refractivity contribution in [2.24, 2.45) is 10.7 Å². The molecule has 2 aromatic rings. The molecule has 2 atom stereocenters. The fraction of sp³-hybridized carbons (Fsp3) is 0.350. The van der Waals surface area contributed by atoms with E-state index in [1.54, 1.807) is 6.07 Å². The first-order chi connectivity index (χ1) is 12.4. The minimum atomic E-state index is -0.814. The van der Waals surface area contributed by atoms with Gasteiger partial charge in [-0.1, -0.05) is 17.7 Å². The third-order valence-corrected chi connectivity index (χ3v) is 5.33. The smallest absolute Gasteiger partial charge is 0.129 e. The lowest BCUT2D eigenvalue weighted by Gasteiger charge is -2.31. The number of hydrogen-bond acceptors (Lipinski definition) is 4. The van der Waals surface area contributed by atoms with Gasteiger partial charge >= 0.3 is 0 Å². The van der Waals surface area contributed by atoms with Crippen LogP contribution < -0.4 is 11.1 Å². The fourth-order valence-corrected chi connectivity index (χ4v) is 4.03. The second kappa shape index (κ2) is 7.66. The van der Waals surface area contributed by atoms with E-state index in [0.717, 1.165) is 23.6 Å². The number of aliphatic imine (C=N–C) groups is 1. The molecule has 1 aliphatic carbocycles. The molecule has 0 spiro atoms. The Morgan fingerprint density at radius 1 is 1.30 bits per heavy atom. The van der Waals surface area contributed by atoms with Gasteiger partial charge in [-0.2, -0.15) is 0 Å². The van der Waals surface area contributed by atoms with Crippen LogP contribution in [0.25, 0.3) is 0 Å². The number of hydrogen-bond donors (Lipinski definition) is 2. The van der Waals surface area contributed by atoms with Crippen LogP contribution in [0.3, 0.4) is 0 Å². The number of aryl methyl sites for hydroxylation is 1. The van der Waals surface area contributed by atoms with E-state index in [1.165, 1.54) is 17.2 Å². The molecule has 4 rings (SSSR count). The van der Waals surface area contributed by atoms with Crippen LogP contribution in [0.5, 0.6) is 0 Å². The first kappa shape index (κ1) is 19.9. The highest BCUT2D eigenvalue weighted by molar-refractivity contribution is 6.30. The third kappa shape index (κ3) is 3.91. The molecule has 0 bridgehead atoms. The minimum absolute atomic E-state index is 0. The van der Waals surface area contributed by atoms with Crippen molar-refractivity contribution in [3.8, 4) is 0 Å². The Bertz CT molecular complexity index is 890. The van der Waals surface area contributed by atoms with E-state index in [0.29, 0.717) is 18.0 Å². The number of halogens is 3. The number of fused-ring (bicyclic) bond motifs is 1. The fourth-order valence-electron chi connectivity index (χ4n) is 3.84. The zero-order valence-corrected chi connectivity index (χ0v) is 16.5. The molecule has 0 saturated heterocycles. The van der Waals surface area contributed by atoms with E-state index in [9.17, 15) is 4.39 Å². The number of nitrogens with one attached hydrogen (secondary N) is 1. The summed E-state index contributed by atoms with van der Waals surface area (Å²) in [6.45, 7) is 2.43. The highest BCUT2D eigenvalue weighted by atomic mass is 35.5. The van der Waals surface area contributed by atoms with Crippen LogP contribution >= 0.6 is 24.0 Å². The lowest BCUT2D eigenvalue weighted by molar-refractivity contribution is 0.104. The number of ether oxygens (including phenoxy) is 1. The predicted molar refractivity (Wildman–Crippen MR) is 110 cm³/mol. The molecule has 144 valence electrons. The van der Waals surface area contributed by atoms with Crippen molar-refractivity contribution in [1.29, 1.82) is 0 Å². The second-order valence-corrected chi connectivity index (χ2v) is 7.58. The summed E-state index contributed by atoms with van der Waals surface area (Å²) in [5, 5.41) is 4.28. The summed E-state index contributed by atoms with van der Waals surface area (Å²) in [6, 6.07) is 11.2. The summed E-state index contributed by atoms with van der Waals surface area (Å²) in [5.74, 6) is 0.0804. The summed E-state index contributed by atoms with van der Waals surface area (Å²) in [4.78, 5) is 4.45. The lowest BCUT2D eigenvalue weighted by Crippen LogP contribution is -2.38. The number of amidine groups is 1. The van der Waals surface area contributed by atoms with Gasteiger partial charge in [0.1, 0.15) is 23.8 Å². The molecule has 1 heterocycles. The Morgan fingerprint density at radius 3 is 2.89 bits per heavy atom. The van der Waals surface area contributed by atoms with Gasteiger partial charge in [-0.25, -0.2) is 4.39 Å². The van der Waals surface area contributed by atoms with Crippen LogP contribution in [0.15, 0.2) is 41.4 Å². The van der Waals surface area contributed by atoms with Crippen molar-refractivity contribution in [2.45, 2.75) is 31.3 Å². The Balaban J connectivity index is 0.00000210. The van der Waals surface area contributed by atoms with Crippen molar-refractivity contribution in [3.05, 3.63) is 63.9 Å². The molecule has 0 saturated carbocycles. The molecule has 2 aliphatic rings. The van der Waals surface area contributed by atoms with Gasteiger partial charge in [0.15, 0.2) is 0 Å². The van der Waals surface area contributed by atoms with Crippen LogP contribution in [-0.2, 0) is 16.7 Å². The van der Waals surface area contributed by atoms with Gasteiger partial charge in [0.2, 0.25) is 0 Å². The summed E-state index contributed by atoms with van der Waals surface area (Å²) in [7, 11) is 0. The second-order valence-electron chi connectivity index (χ2n) is 7.14. The Hall–Kier alpha value is -1.82. The number of rotatable bonds is 3. The van der Waals surface area contributed by atoms with E-state index < -0.39 is 5.54 Å². The monoisotopic (exact) mass is 409 g/mol. The minimum Gasteiger partial charge on any atom is -0.386 e. The van der Waals surface area contributed by atoms with Gasteiger partial charge < -0.3 is 15.8 Å². The van der Waals surface area contributed by atoms with Crippen molar-refractivity contribution in [1.82, 2.24) is 0 Å². The molecule has 0 fully saturated rings. The first-order valence-electron chi connectivity index (χ1n) is 8.71. The van der Waals surface area contributed by atoms with Crippen molar-refractivity contribution < 1.29 is 9.13 Å². The van der Waals surface area contributed by atoms with Crippen LogP contribution in [-0.4, -0.2) is 19.0 Å². The molecule has 7 heteroatoms. The Kier molecular flexibility index (Phi) is 5.65.